The van der Waals surface area contributed by atoms with Crippen LogP contribution in [0.3, 0.4) is 0 Å². The number of pyridine rings is 1. The molecule has 0 fully saturated rings. The number of primary amides is 1. The summed E-state index contributed by atoms with van der Waals surface area (Å²) < 4.78 is 5.13. The lowest BCUT2D eigenvalue weighted by Crippen LogP contribution is -2.20. The average Bonchev–Trinajstić information content (AvgIpc) is 2.47. The summed E-state index contributed by atoms with van der Waals surface area (Å²) in [5.41, 5.74) is 6.93. The molecule has 2 rings (SSSR count). The number of carbonyl (C=O) groups excluding carboxylic acids is 2. The molecule has 1 heterocycles. The van der Waals surface area contributed by atoms with Gasteiger partial charge in [0.15, 0.2) is 6.61 Å². The van der Waals surface area contributed by atoms with E-state index in [-0.39, 0.29) is 12.5 Å². The van der Waals surface area contributed by atoms with E-state index in [2.05, 4.69) is 10.3 Å². The molecule has 2 aromatic rings. The minimum atomic E-state index is -0.542. The van der Waals surface area contributed by atoms with Gasteiger partial charge in [-0.1, -0.05) is 0 Å². The molecule has 0 saturated heterocycles. The zero-order valence-electron chi connectivity index (χ0n) is 11.5. The Balaban J connectivity index is 1.98. The molecule has 0 bridgehead atoms. The Morgan fingerprint density at radius 3 is 2.48 bits per heavy atom. The number of ether oxygens (including phenoxy) is 1. The van der Waals surface area contributed by atoms with Crippen molar-refractivity contribution in [1.82, 2.24) is 4.98 Å². The fourth-order valence-electron chi connectivity index (χ4n) is 1.59. The van der Waals surface area contributed by atoms with Crippen LogP contribution in [0.25, 0.3) is 0 Å². The van der Waals surface area contributed by atoms with E-state index in [1.807, 2.05) is 6.92 Å². The summed E-state index contributed by atoms with van der Waals surface area (Å²) in [5.74, 6) is -0.281. The second kappa shape index (κ2) is 6.51. The number of nitrogens with zero attached hydrogens (tertiary/aromatic N) is 1. The monoisotopic (exact) mass is 285 g/mol. The fraction of sp³-hybridized carbons (Fsp3) is 0.133. The summed E-state index contributed by atoms with van der Waals surface area (Å²) in [6, 6.07) is 10.1. The number of carbonyl (C=O) groups is 2. The van der Waals surface area contributed by atoms with Crippen LogP contribution in [0.2, 0.25) is 0 Å². The van der Waals surface area contributed by atoms with Gasteiger partial charge in [-0.15, -0.1) is 0 Å². The van der Waals surface area contributed by atoms with Gasteiger partial charge in [-0.05, 0) is 43.3 Å². The molecule has 6 nitrogen and oxygen atoms in total. The Morgan fingerprint density at radius 1 is 1.19 bits per heavy atom. The normalized spacial score (nSPS) is 9.95. The zero-order valence-corrected chi connectivity index (χ0v) is 11.5. The number of anilines is 1. The highest BCUT2D eigenvalue weighted by Gasteiger charge is 2.06. The second-order valence-corrected chi connectivity index (χ2v) is 4.42. The van der Waals surface area contributed by atoms with Gasteiger partial charge in [0.2, 0.25) is 0 Å². The first-order chi connectivity index (χ1) is 10.0. The summed E-state index contributed by atoms with van der Waals surface area (Å²) in [6.07, 6.45) is 1.52. The fourth-order valence-corrected chi connectivity index (χ4v) is 1.59. The average molecular weight is 285 g/mol. The van der Waals surface area contributed by atoms with Gasteiger partial charge in [0.25, 0.3) is 11.8 Å². The van der Waals surface area contributed by atoms with E-state index in [9.17, 15) is 9.59 Å². The van der Waals surface area contributed by atoms with Crippen LogP contribution in [0.4, 0.5) is 5.69 Å². The van der Waals surface area contributed by atoms with Crippen LogP contribution in [0, 0.1) is 6.92 Å². The third-order valence-electron chi connectivity index (χ3n) is 2.67. The van der Waals surface area contributed by atoms with Crippen molar-refractivity contribution in [2.75, 3.05) is 11.9 Å². The van der Waals surface area contributed by atoms with Gasteiger partial charge in [-0.3, -0.25) is 14.6 Å². The van der Waals surface area contributed by atoms with E-state index in [1.54, 1.807) is 36.4 Å². The number of rotatable bonds is 5. The molecular weight excluding hydrogens is 270 g/mol. The first-order valence-electron chi connectivity index (χ1n) is 6.30. The zero-order chi connectivity index (χ0) is 15.2. The predicted octanol–water partition coefficient (Wildman–Crippen LogP) is 1.51. The number of hydrogen-bond donors (Lipinski definition) is 2. The van der Waals surface area contributed by atoms with E-state index in [0.29, 0.717) is 17.0 Å². The molecule has 0 spiro atoms. The third-order valence-corrected chi connectivity index (χ3v) is 2.67. The van der Waals surface area contributed by atoms with Gasteiger partial charge in [0.05, 0.1) is 5.56 Å². The Hall–Kier alpha value is -2.89. The third kappa shape index (κ3) is 4.31. The number of hydrogen-bond acceptors (Lipinski definition) is 4. The standard InChI is InChI=1S/C15H15N3O3/c1-10-2-3-11(8-17-10)15(20)18-12-4-6-13(7-5-12)21-9-14(16)19/h2-8H,9H2,1H3,(H2,16,19)(H,18,20). The van der Waals surface area contributed by atoms with Crippen molar-refractivity contribution in [1.29, 1.82) is 0 Å². The number of aromatic nitrogens is 1. The van der Waals surface area contributed by atoms with Gasteiger partial charge in [0, 0.05) is 17.6 Å². The van der Waals surface area contributed by atoms with Crippen molar-refractivity contribution in [2.24, 2.45) is 5.73 Å². The number of benzene rings is 1. The molecule has 6 heteroatoms. The first kappa shape index (κ1) is 14.5. The van der Waals surface area contributed by atoms with Gasteiger partial charge in [-0.2, -0.15) is 0 Å². The Bertz CT molecular complexity index is 636. The summed E-state index contributed by atoms with van der Waals surface area (Å²) in [6.45, 7) is 1.67. The molecule has 108 valence electrons. The van der Waals surface area contributed by atoms with Crippen molar-refractivity contribution in [3.8, 4) is 5.75 Å². The van der Waals surface area contributed by atoms with Crippen LogP contribution < -0.4 is 15.8 Å². The first-order valence-corrected chi connectivity index (χ1v) is 6.30. The second-order valence-electron chi connectivity index (χ2n) is 4.42. The van der Waals surface area contributed by atoms with E-state index in [0.717, 1.165) is 5.69 Å². The molecular formula is C15H15N3O3. The number of nitrogens with one attached hydrogen (secondary N) is 1. The summed E-state index contributed by atoms with van der Waals surface area (Å²) >= 11 is 0. The maximum absolute atomic E-state index is 12.0. The van der Waals surface area contributed by atoms with E-state index >= 15 is 0 Å². The molecule has 0 aliphatic heterocycles. The van der Waals surface area contributed by atoms with Crippen molar-refractivity contribution in [2.45, 2.75) is 6.92 Å². The largest absolute Gasteiger partial charge is 0.484 e. The molecule has 21 heavy (non-hydrogen) atoms. The molecule has 3 N–H and O–H groups in total. The van der Waals surface area contributed by atoms with Gasteiger partial charge in [0.1, 0.15) is 5.75 Å². The molecule has 0 unspecified atom stereocenters. The number of amides is 2. The van der Waals surface area contributed by atoms with Crippen molar-refractivity contribution >= 4 is 17.5 Å². The molecule has 0 aliphatic carbocycles. The SMILES string of the molecule is Cc1ccc(C(=O)Nc2ccc(OCC(N)=O)cc2)cn1. The summed E-state index contributed by atoms with van der Waals surface area (Å²) in [7, 11) is 0. The van der Waals surface area contributed by atoms with Gasteiger partial charge in [-0.25, -0.2) is 0 Å². The van der Waals surface area contributed by atoms with E-state index in [1.165, 1.54) is 6.20 Å². The highest BCUT2D eigenvalue weighted by atomic mass is 16.5. The van der Waals surface area contributed by atoms with Crippen molar-refractivity contribution in [3.63, 3.8) is 0 Å². The maximum Gasteiger partial charge on any atom is 0.257 e. The summed E-state index contributed by atoms with van der Waals surface area (Å²) in [5, 5.41) is 2.74. The molecule has 1 aromatic heterocycles. The minimum Gasteiger partial charge on any atom is -0.484 e. The van der Waals surface area contributed by atoms with Crippen LogP contribution in [-0.2, 0) is 4.79 Å². The molecule has 0 radical (unpaired) electrons. The lowest BCUT2D eigenvalue weighted by atomic mass is 10.2. The molecule has 1 aromatic carbocycles. The quantitative estimate of drug-likeness (QED) is 0.870. The Kier molecular flexibility index (Phi) is 4.50. The highest BCUT2D eigenvalue weighted by molar-refractivity contribution is 6.04. The number of nitrogens with two attached hydrogens (primary N) is 1. The predicted molar refractivity (Wildman–Crippen MR) is 78.1 cm³/mol. The van der Waals surface area contributed by atoms with Crippen LogP contribution in [-0.4, -0.2) is 23.4 Å². The van der Waals surface area contributed by atoms with E-state index < -0.39 is 5.91 Å². The Morgan fingerprint density at radius 2 is 1.90 bits per heavy atom. The Labute approximate surface area is 121 Å². The van der Waals surface area contributed by atoms with Crippen molar-refractivity contribution < 1.29 is 14.3 Å². The van der Waals surface area contributed by atoms with Gasteiger partial charge < -0.3 is 15.8 Å². The minimum absolute atomic E-state index is 0.180. The van der Waals surface area contributed by atoms with Crippen LogP contribution in [0.15, 0.2) is 42.6 Å². The van der Waals surface area contributed by atoms with Crippen LogP contribution in [0.5, 0.6) is 5.75 Å². The van der Waals surface area contributed by atoms with E-state index in [4.69, 9.17) is 10.5 Å². The molecule has 0 saturated carbocycles. The van der Waals surface area contributed by atoms with Crippen LogP contribution >= 0.6 is 0 Å². The maximum atomic E-state index is 12.0. The molecule has 0 aliphatic rings. The number of aryl methyl sites for hydroxylation is 1. The van der Waals surface area contributed by atoms with Crippen LogP contribution in [0.1, 0.15) is 16.1 Å². The molecule has 0 atom stereocenters. The lowest BCUT2D eigenvalue weighted by Gasteiger charge is -2.07. The topological polar surface area (TPSA) is 94.3 Å². The van der Waals surface area contributed by atoms with Gasteiger partial charge >= 0.3 is 0 Å². The van der Waals surface area contributed by atoms with Crippen molar-refractivity contribution in [3.05, 3.63) is 53.9 Å². The lowest BCUT2D eigenvalue weighted by molar-refractivity contribution is -0.119. The smallest absolute Gasteiger partial charge is 0.257 e. The summed E-state index contributed by atoms with van der Waals surface area (Å²) in [4.78, 5) is 26.7. The molecule has 2 amide bonds. The highest BCUT2D eigenvalue weighted by Crippen LogP contribution is 2.16.